The highest BCUT2D eigenvalue weighted by Gasteiger charge is 2.79. The lowest BCUT2D eigenvalue weighted by molar-refractivity contribution is -0.350. The second-order valence-corrected chi connectivity index (χ2v) is 22.2. The van der Waals surface area contributed by atoms with E-state index >= 15 is 14.4 Å². The summed E-state index contributed by atoms with van der Waals surface area (Å²) in [4.78, 5) is 113. The Labute approximate surface area is 442 Å². The van der Waals surface area contributed by atoms with E-state index in [9.17, 15) is 34.2 Å². The van der Waals surface area contributed by atoms with Gasteiger partial charge in [0, 0.05) is 50.0 Å². The van der Waals surface area contributed by atoms with E-state index in [2.05, 4.69) is 10.6 Å². The molecule has 3 aromatic carbocycles. The van der Waals surface area contributed by atoms with E-state index in [0.29, 0.717) is 18.4 Å². The van der Waals surface area contributed by atoms with E-state index in [4.69, 9.17) is 33.2 Å². The van der Waals surface area contributed by atoms with Crippen LogP contribution in [0, 0.1) is 28.6 Å². The molecule has 3 aliphatic carbocycles. The smallest absolute Gasteiger partial charge is 0.408 e. The van der Waals surface area contributed by atoms with Crippen LogP contribution in [0.15, 0.2) is 91.0 Å². The maximum atomic E-state index is 15.2. The first-order valence-corrected chi connectivity index (χ1v) is 25.8. The number of amides is 2. The Hall–Kier alpha value is -6.70. The summed E-state index contributed by atoms with van der Waals surface area (Å²) in [5.74, 6) is -10.1. The average molecular weight is 1060 g/mol. The number of rotatable bonds is 17. The number of fused-ring (bicyclic) bond motifs is 5. The molecule has 0 spiro atoms. The molecule has 4 N–H and O–H groups in total. The number of nitrogens with one attached hydrogen (secondary N) is 2. The van der Waals surface area contributed by atoms with Gasteiger partial charge in [-0.2, -0.15) is 0 Å². The van der Waals surface area contributed by atoms with Gasteiger partial charge in [-0.05, 0) is 63.8 Å². The van der Waals surface area contributed by atoms with Crippen LogP contribution in [-0.4, -0.2) is 118 Å². The number of alkyl carbamates (subject to hydrolysis) is 2. The van der Waals surface area contributed by atoms with E-state index in [1.807, 2.05) is 30.3 Å². The van der Waals surface area contributed by atoms with Crippen LogP contribution in [0.5, 0.6) is 0 Å². The van der Waals surface area contributed by atoms with Crippen molar-refractivity contribution in [2.75, 3.05) is 13.2 Å². The largest absolute Gasteiger partial charge is 0.459 e. The Morgan fingerprint density at radius 3 is 2.08 bits per heavy atom. The van der Waals surface area contributed by atoms with Crippen LogP contribution in [0.2, 0.25) is 0 Å². The van der Waals surface area contributed by atoms with Gasteiger partial charge in [-0.25, -0.2) is 19.2 Å². The van der Waals surface area contributed by atoms with Crippen molar-refractivity contribution >= 4 is 47.6 Å². The normalized spacial score (nSPS) is 29.2. The molecule has 7 rings (SSSR count). The molecule has 0 radical (unpaired) electrons. The second kappa shape index (κ2) is 22.9. The van der Waals surface area contributed by atoms with E-state index in [-0.39, 0.29) is 44.6 Å². The summed E-state index contributed by atoms with van der Waals surface area (Å²) < 4.78 is 41.5. The molecule has 2 bridgehead atoms. The topological polar surface area (TPSA) is 266 Å². The lowest BCUT2D eigenvalue weighted by Gasteiger charge is -2.67. The first-order valence-electron chi connectivity index (χ1n) is 25.8. The summed E-state index contributed by atoms with van der Waals surface area (Å²) in [6, 6.07) is 23.7. The number of aliphatic hydroxyl groups is 2. The van der Waals surface area contributed by atoms with E-state index in [1.165, 1.54) is 32.9 Å². The maximum Gasteiger partial charge on any atom is 0.408 e. The number of ketones is 2. The van der Waals surface area contributed by atoms with Crippen LogP contribution >= 0.6 is 0 Å². The van der Waals surface area contributed by atoms with Gasteiger partial charge in [0.15, 0.2) is 5.60 Å². The fourth-order valence-corrected chi connectivity index (χ4v) is 11.7. The third kappa shape index (κ3) is 11.7. The SMILES string of the molecule is CC(=O)O[C@@]12CO[C@@H]1C[C@H](O)[C@@]1(C)C(=O)C(=O)C3C(C)[C@@H](OC(=O)[C@H](OC(=O)CCCCCNC(=O)OCc4ccccc4)[C@@H](NC(=O)OC(C)(C)C)c4ccccc4)C[C@@](O)([C@@H](OC(=O)c4ccccc4)[C@H]21)C3(C)C. The summed E-state index contributed by atoms with van der Waals surface area (Å²) >= 11 is 0. The molecule has 3 saturated carbocycles. The van der Waals surface area contributed by atoms with Gasteiger partial charge in [0.05, 0.1) is 29.6 Å². The zero-order valence-electron chi connectivity index (χ0n) is 44.2. The van der Waals surface area contributed by atoms with Gasteiger partial charge in [-0.1, -0.05) is 106 Å². The number of ether oxygens (including phenoxy) is 7. The second-order valence-electron chi connectivity index (χ2n) is 22.2. The van der Waals surface area contributed by atoms with Gasteiger partial charge in [-0.3, -0.25) is 19.2 Å². The standard InChI is InChI=1S/C57H70N2O17/c1-33-38(30-57(69)48(74-49(65)37-25-17-11-18-26-37)46-55(8,47(64)44(63)42(33)54(57,6)7)39(61)29-40-56(46,32-71-40)75-34(2)60)72-50(66)45(43(36-23-15-10-16-24-36)59-52(68)76-53(3,4)5)73-41(62)27-19-12-20-28-58-51(67)70-31-35-21-13-9-14-22-35/h9-11,13-18,21-26,33,38-40,42-43,45-46,48,61,69H,12,19-20,27-32H2,1-8H3,(H,58,67)(H,59,68)/t33?,38-,39-,40+,42?,43-,45+,46-,48-,55+,56-,57+/m0/s1. The van der Waals surface area contributed by atoms with Crippen LogP contribution in [0.25, 0.3) is 0 Å². The quantitative estimate of drug-likeness (QED) is 0.0490. The lowest BCUT2D eigenvalue weighted by Crippen LogP contribution is -2.82. The highest BCUT2D eigenvalue weighted by Crippen LogP contribution is 2.64. The number of aliphatic hydroxyl groups excluding tert-OH is 1. The molecule has 12 atom stereocenters. The first kappa shape index (κ1) is 57.0. The number of unbranched alkanes of at least 4 members (excludes halogenated alkanes) is 2. The molecule has 0 aromatic heterocycles. The van der Waals surface area contributed by atoms with Crippen molar-refractivity contribution in [2.45, 2.75) is 154 Å². The predicted molar refractivity (Wildman–Crippen MR) is 270 cm³/mol. The van der Waals surface area contributed by atoms with E-state index in [0.717, 1.165) is 12.5 Å². The van der Waals surface area contributed by atoms with Crippen LogP contribution in [0.4, 0.5) is 9.59 Å². The zero-order valence-corrected chi connectivity index (χ0v) is 44.2. The minimum atomic E-state index is -2.44. The van der Waals surface area contributed by atoms with Crippen molar-refractivity contribution in [3.63, 3.8) is 0 Å². The van der Waals surface area contributed by atoms with Gasteiger partial charge in [0.1, 0.15) is 42.2 Å². The molecule has 4 fully saturated rings. The maximum absolute atomic E-state index is 15.2. The molecule has 19 nitrogen and oxygen atoms in total. The molecular weight excluding hydrogens is 985 g/mol. The van der Waals surface area contributed by atoms with Crippen molar-refractivity contribution < 1.29 is 81.7 Å². The molecule has 410 valence electrons. The molecule has 1 saturated heterocycles. The van der Waals surface area contributed by atoms with E-state index < -0.39 is 136 Å². The van der Waals surface area contributed by atoms with Gasteiger partial charge in [0.25, 0.3) is 0 Å². The van der Waals surface area contributed by atoms with Crippen LogP contribution < -0.4 is 10.6 Å². The van der Waals surface area contributed by atoms with Gasteiger partial charge in [-0.15, -0.1) is 0 Å². The Morgan fingerprint density at radius 2 is 1.47 bits per heavy atom. The number of hydrogen-bond acceptors (Lipinski definition) is 17. The summed E-state index contributed by atoms with van der Waals surface area (Å²) in [6.45, 7) is 12.0. The highest BCUT2D eigenvalue weighted by molar-refractivity contribution is 6.40. The molecule has 19 heteroatoms. The Bertz CT molecular complexity index is 2620. The Morgan fingerprint density at radius 1 is 0.842 bits per heavy atom. The molecule has 2 unspecified atom stereocenters. The summed E-state index contributed by atoms with van der Waals surface area (Å²) in [5.41, 5.74) is -7.93. The predicted octanol–water partition coefficient (Wildman–Crippen LogP) is 6.44. The molecule has 2 amide bonds. The number of carbonyl (C=O) groups excluding carboxylic acids is 8. The summed E-state index contributed by atoms with van der Waals surface area (Å²) in [6.07, 6.45) is -9.44. The number of carbonyl (C=O) groups is 8. The van der Waals surface area contributed by atoms with Crippen molar-refractivity contribution in [2.24, 2.45) is 28.6 Å². The lowest BCUT2D eigenvalue weighted by atomic mass is 9.42. The van der Waals surface area contributed by atoms with E-state index in [1.54, 1.807) is 76.2 Å². The van der Waals surface area contributed by atoms with Crippen LogP contribution in [-0.2, 0) is 63.7 Å². The number of hydrogen-bond donors (Lipinski definition) is 4. The molecule has 76 heavy (non-hydrogen) atoms. The third-order valence-corrected chi connectivity index (χ3v) is 15.7. The molecule has 1 heterocycles. The Kier molecular flexibility index (Phi) is 17.2. The zero-order chi connectivity index (χ0) is 55.4. The van der Waals surface area contributed by atoms with Crippen LogP contribution in [0.3, 0.4) is 0 Å². The van der Waals surface area contributed by atoms with Gasteiger partial charge in [0.2, 0.25) is 17.7 Å². The molecule has 1 aliphatic heterocycles. The molecular formula is C57H70N2O17. The molecule has 3 aromatic rings. The highest BCUT2D eigenvalue weighted by atomic mass is 16.6. The first-order chi connectivity index (χ1) is 35.8. The monoisotopic (exact) mass is 1050 g/mol. The minimum absolute atomic E-state index is 0.0445. The number of benzene rings is 3. The molecule has 4 aliphatic rings. The van der Waals surface area contributed by atoms with Gasteiger partial charge < -0.3 is 54.0 Å². The van der Waals surface area contributed by atoms with Crippen molar-refractivity contribution in [3.05, 3.63) is 108 Å². The van der Waals surface area contributed by atoms with Gasteiger partial charge >= 0.3 is 36.1 Å². The van der Waals surface area contributed by atoms with Crippen molar-refractivity contribution in [3.8, 4) is 0 Å². The average Bonchev–Trinajstić information content (AvgIpc) is 3.38. The van der Waals surface area contributed by atoms with Crippen molar-refractivity contribution in [1.29, 1.82) is 0 Å². The van der Waals surface area contributed by atoms with Crippen molar-refractivity contribution in [1.82, 2.24) is 10.6 Å². The fraction of sp³-hybridized carbons (Fsp3) is 0.544. The third-order valence-electron chi connectivity index (χ3n) is 15.7. The van der Waals surface area contributed by atoms with Crippen LogP contribution in [0.1, 0.15) is 121 Å². The summed E-state index contributed by atoms with van der Waals surface area (Å²) in [5, 5.41) is 31.1. The number of esters is 4. The summed E-state index contributed by atoms with van der Waals surface area (Å²) in [7, 11) is 0. The number of Topliss-reactive ketones (excluding diaryl/α,β-unsaturated/α-hetero) is 2. The minimum Gasteiger partial charge on any atom is -0.459 e. The Balaban J connectivity index is 1.22. The fourth-order valence-electron chi connectivity index (χ4n) is 11.7.